The van der Waals surface area contributed by atoms with E-state index in [1.54, 1.807) is 18.2 Å². The lowest BCUT2D eigenvalue weighted by Crippen LogP contribution is -2.20. The number of ether oxygens (including phenoxy) is 2. The molecule has 0 unspecified atom stereocenters. The molecule has 1 fully saturated rings. The van der Waals surface area contributed by atoms with Crippen LogP contribution in [0, 0.1) is 12.8 Å². The Labute approximate surface area is 166 Å². The van der Waals surface area contributed by atoms with Gasteiger partial charge in [-0.2, -0.15) is 4.98 Å². The van der Waals surface area contributed by atoms with Crippen molar-refractivity contribution in [3.63, 3.8) is 0 Å². The number of hydrogen-bond donors (Lipinski definition) is 1. The van der Waals surface area contributed by atoms with Crippen molar-refractivity contribution in [3.8, 4) is 34.5 Å². The zero-order valence-electron chi connectivity index (χ0n) is 16.2. The summed E-state index contributed by atoms with van der Waals surface area (Å²) in [6.45, 7) is 3.54. The quantitative estimate of drug-likeness (QED) is 0.647. The maximum absolute atomic E-state index is 12.7. The first-order valence-corrected chi connectivity index (χ1v) is 9.25. The van der Waals surface area contributed by atoms with Gasteiger partial charge in [0.25, 0.3) is 11.4 Å². The molecule has 0 atom stereocenters. The molecule has 1 aliphatic rings. The summed E-state index contributed by atoms with van der Waals surface area (Å²) in [6.07, 6.45) is 3.72. The van der Waals surface area contributed by atoms with Gasteiger partial charge >= 0.3 is 0 Å². The first-order valence-electron chi connectivity index (χ1n) is 9.25. The van der Waals surface area contributed by atoms with Crippen LogP contribution in [0.4, 0.5) is 0 Å². The molecule has 2 aromatic heterocycles. The molecule has 1 aliphatic carbocycles. The van der Waals surface area contributed by atoms with Gasteiger partial charge in [-0.15, -0.1) is 10.2 Å². The average molecular weight is 397 g/mol. The minimum absolute atomic E-state index is 0.0260. The smallest absolute Gasteiger partial charge is 0.289 e. The Morgan fingerprint density at radius 2 is 1.93 bits per heavy atom. The van der Waals surface area contributed by atoms with Crippen LogP contribution in [-0.2, 0) is 6.42 Å². The first kappa shape index (κ1) is 19.0. The number of methoxy groups -OCH3 is 2. The lowest BCUT2D eigenvalue weighted by atomic mass is 10.1. The summed E-state index contributed by atoms with van der Waals surface area (Å²) in [5.74, 6) is 1.42. The number of aryl methyl sites for hydroxylation is 1. The first-order chi connectivity index (χ1) is 14.0. The minimum Gasteiger partial charge on any atom is -0.494 e. The summed E-state index contributed by atoms with van der Waals surface area (Å²) < 4.78 is 17.7. The Morgan fingerprint density at radius 3 is 2.48 bits per heavy atom. The van der Waals surface area contributed by atoms with Gasteiger partial charge in [0.2, 0.25) is 11.8 Å². The molecule has 29 heavy (non-hydrogen) atoms. The second kappa shape index (κ2) is 7.57. The van der Waals surface area contributed by atoms with E-state index in [4.69, 9.17) is 13.9 Å². The molecule has 1 radical (unpaired) electrons. The molecule has 0 saturated heterocycles. The number of rotatable bonds is 7. The van der Waals surface area contributed by atoms with Gasteiger partial charge < -0.3 is 19.0 Å². The fraction of sp³-hybridized carbons (Fsp3) is 0.350. The summed E-state index contributed by atoms with van der Waals surface area (Å²) in [5.41, 5.74) is -0.415. The van der Waals surface area contributed by atoms with Crippen molar-refractivity contribution >= 4 is 0 Å². The number of para-hydroxylation sites is 1. The molecule has 3 aromatic rings. The van der Waals surface area contributed by atoms with Gasteiger partial charge in [0, 0.05) is 13.3 Å². The van der Waals surface area contributed by atoms with Gasteiger partial charge in [-0.25, -0.2) is 0 Å². The van der Waals surface area contributed by atoms with Gasteiger partial charge in [0.1, 0.15) is 23.0 Å². The van der Waals surface area contributed by atoms with Crippen molar-refractivity contribution in [2.45, 2.75) is 25.7 Å². The van der Waals surface area contributed by atoms with E-state index >= 15 is 0 Å². The molecule has 1 aromatic carbocycles. The van der Waals surface area contributed by atoms with Crippen molar-refractivity contribution in [1.82, 2.24) is 19.7 Å². The van der Waals surface area contributed by atoms with Gasteiger partial charge in [-0.05, 0) is 24.5 Å². The monoisotopic (exact) mass is 397 g/mol. The Kier molecular flexibility index (Phi) is 4.96. The zero-order valence-corrected chi connectivity index (χ0v) is 16.2. The topological polar surface area (TPSA) is 113 Å². The molecule has 1 saturated carbocycles. The Bertz CT molecular complexity index is 1080. The van der Waals surface area contributed by atoms with Crippen LogP contribution in [0.2, 0.25) is 0 Å². The van der Waals surface area contributed by atoms with Crippen LogP contribution in [0.15, 0.2) is 27.4 Å². The predicted molar refractivity (Wildman–Crippen MR) is 103 cm³/mol. The van der Waals surface area contributed by atoms with E-state index in [-0.39, 0.29) is 23.2 Å². The third-order valence-electron chi connectivity index (χ3n) is 4.92. The molecule has 9 nitrogen and oxygen atoms in total. The SMILES string of the molecule is [CH2]c1nnc(-c2c(O)n(-c3c(OC)cccc3OC)c(CCC3CC3)nc2=O)o1. The maximum atomic E-state index is 12.7. The standard InChI is InChI=1S/C20H21N4O5/c1-11-22-23-19(29-11)16-18(25)21-15(10-9-12-7-8-12)24(20(16)26)17-13(27-2)5-4-6-14(17)28-3/h4-6,12,26H,1,7-10H2,2-3H3. The van der Waals surface area contributed by atoms with Crippen LogP contribution < -0.4 is 15.0 Å². The summed E-state index contributed by atoms with van der Waals surface area (Å²) in [6, 6.07) is 5.24. The fourth-order valence-corrected chi connectivity index (χ4v) is 3.29. The zero-order chi connectivity index (χ0) is 20.5. The van der Waals surface area contributed by atoms with Crippen molar-refractivity contribution in [2.75, 3.05) is 14.2 Å². The number of nitrogens with zero attached hydrogens (tertiary/aromatic N) is 4. The van der Waals surface area contributed by atoms with Crippen LogP contribution in [0.1, 0.15) is 31.0 Å². The second-order valence-electron chi connectivity index (χ2n) is 6.86. The van der Waals surface area contributed by atoms with E-state index in [0.717, 1.165) is 6.42 Å². The van der Waals surface area contributed by atoms with Crippen LogP contribution in [0.5, 0.6) is 17.4 Å². The number of hydrogen-bond acceptors (Lipinski definition) is 8. The molecule has 2 heterocycles. The van der Waals surface area contributed by atoms with E-state index in [0.29, 0.717) is 35.3 Å². The van der Waals surface area contributed by atoms with Crippen molar-refractivity contribution < 1.29 is 19.0 Å². The molecule has 1 N–H and O–H groups in total. The number of aromatic hydroxyl groups is 1. The predicted octanol–water partition coefficient (Wildman–Crippen LogP) is 2.53. The van der Waals surface area contributed by atoms with Crippen LogP contribution in [0.25, 0.3) is 17.1 Å². The molecule has 9 heteroatoms. The summed E-state index contributed by atoms with van der Waals surface area (Å²) in [4.78, 5) is 17.0. The van der Waals surface area contributed by atoms with Crippen molar-refractivity contribution in [2.24, 2.45) is 5.92 Å². The lowest BCUT2D eigenvalue weighted by Gasteiger charge is -2.20. The van der Waals surface area contributed by atoms with Gasteiger partial charge in [0.15, 0.2) is 5.56 Å². The van der Waals surface area contributed by atoms with E-state index in [9.17, 15) is 9.90 Å². The Balaban J connectivity index is 1.98. The highest BCUT2D eigenvalue weighted by atomic mass is 16.5. The summed E-state index contributed by atoms with van der Waals surface area (Å²) in [5, 5.41) is 18.6. The fourth-order valence-electron chi connectivity index (χ4n) is 3.29. The van der Waals surface area contributed by atoms with Crippen molar-refractivity contribution in [3.05, 3.63) is 47.2 Å². The highest BCUT2D eigenvalue weighted by Gasteiger charge is 2.28. The molecule has 0 bridgehead atoms. The normalized spacial score (nSPS) is 13.5. The van der Waals surface area contributed by atoms with Gasteiger partial charge in [0.05, 0.1) is 14.2 Å². The highest BCUT2D eigenvalue weighted by molar-refractivity contribution is 5.65. The molecular weight excluding hydrogens is 376 g/mol. The summed E-state index contributed by atoms with van der Waals surface area (Å²) in [7, 11) is 3.03. The van der Waals surface area contributed by atoms with E-state index in [1.165, 1.54) is 31.6 Å². The molecular formula is C20H21N4O5. The second-order valence-corrected chi connectivity index (χ2v) is 6.86. The minimum atomic E-state index is -0.651. The van der Waals surface area contributed by atoms with E-state index in [2.05, 4.69) is 22.1 Å². The molecule has 0 amide bonds. The van der Waals surface area contributed by atoms with Crippen molar-refractivity contribution in [1.29, 1.82) is 0 Å². The van der Waals surface area contributed by atoms with Crippen LogP contribution in [-0.4, -0.2) is 39.1 Å². The highest BCUT2D eigenvalue weighted by Crippen LogP contribution is 2.39. The van der Waals surface area contributed by atoms with Crippen LogP contribution >= 0.6 is 0 Å². The number of benzene rings is 1. The third-order valence-corrected chi connectivity index (χ3v) is 4.92. The van der Waals surface area contributed by atoms with E-state index < -0.39 is 5.56 Å². The Morgan fingerprint density at radius 1 is 1.24 bits per heavy atom. The van der Waals surface area contributed by atoms with Gasteiger partial charge in [-0.1, -0.05) is 18.9 Å². The molecule has 151 valence electrons. The van der Waals surface area contributed by atoms with E-state index in [1.807, 2.05) is 0 Å². The van der Waals surface area contributed by atoms with Crippen LogP contribution in [0.3, 0.4) is 0 Å². The molecule has 0 spiro atoms. The molecule has 0 aliphatic heterocycles. The molecule has 4 rings (SSSR count). The lowest BCUT2D eigenvalue weighted by molar-refractivity contribution is 0.379. The maximum Gasteiger partial charge on any atom is 0.289 e. The van der Waals surface area contributed by atoms with Gasteiger partial charge in [-0.3, -0.25) is 9.36 Å². The average Bonchev–Trinajstić information content (AvgIpc) is 3.45. The Hall–Kier alpha value is -3.36. The third kappa shape index (κ3) is 3.55. The number of aromatic nitrogens is 4. The summed E-state index contributed by atoms with van der Waals surface area (Å²) >= 11 is 0. The largest absolute Gasteiger partial charge is 0.494 e.